The summed E-state index contributed by atoms with van der Waals surface area (Å²) in [5, 5.41) is 9.44. The van der Waals surface area contributed by atoms with Crippen molar-refractivity contribution in [3.8, 4) is 0 Å². The first kappa shape index (κ1) is 11.1. The van der Waals surface area contributed by atoms with Gasteiger partial charge in [0.2, 0.25) is 0 Å². The molecule has 0 amide bonds. The first-order valence-electron chi connectivity index (χ1n) is 4.03. The number of aryl methyl sites for hydroxylation is 1. The van der Waals surface area contributed by atoms with Crippen LogP contribution in [0.4, 0.5) is 0 Å². The summed E-state index contributed by atoms with van der Waals surface area (Å²) in [5.74, 6) is -0.211. The van der Waals surface area contributed by atoms with Crippen LogP contribution < -0.4 is 0 Å². The Morgan fingerprint density at radius 1 is 1.43 bits per heavy atom. The third-order valence-electron chi connectivity index (χ3n) is 1.56. The maximum atomic E-state index is 10.9. The number of aliphatic hydroxyl groups is 1. The third-order valence-corrected chi connectivity index (χ3v) is 2.48. The molecule has 78 valence electrons. The van der Waals surface area contributed by atoms with Gasteiger partial charge < -0.3 is 5.11 Å². The molecule has 6 heteroatoms. The number of aromatic nitrogens is 2. The monoisotopic (exact) mass is 216 g/mol. The van der Waals surface area contributed by atoms with Gasteiger partial charge in [0, 0.05) is 18.6 Å². The molecule has 0 bridgehead atoms. The van der Waals surface area contributed by atoms with Crippen LogP contribution in [0.15, 0.2) is 12.4 Å². The Morgan fingerprint density at radius 2 is 1.93 bits per heavy atom. The van der Waals surface area contributed by atoms with E-state index in [9.17, 15) is 13.5 Å². The van der Waals surface area contributed by atoms with E-state index in [2.05, 4.69) is 9.97 Å². The molecule has 0 radical (unpaired) electrons. The molecule has 0 fully saturated rings. The Balaban J connectivity index is 2.80. The highest BCUT2D eigenvalue weighted by Crippen LogP contribution is 2.09. The van der Waals surface area contributed by atoms with E-state index in [4.69, 9.17) is 0 Å². The maximum absolute atomic E-state index is 10.9. The minimum absolute atomic E-state index is 0.140. The van der Waals surface area contributed by atoms with E-state index in [-0.39, 0.29) is 11.6 Å². The fraction of sp³-hybridized carbons (Fsp3) is 0.500. The number of aliphatic hydroxyl groups excluding tert-OH is 1. The number of rotatable bonds is 3. The molecular weight excluding hydrogens is 204 g/mol. The lowest BCUT2D eigenvalue weighted by atomic mass is 10.3. The van der Waals surface area contributed by atoms with Crippen LogP contribution in [-0.4, -0.2) is 35.5 Å². The average molecular weight is 216 g/mol. The van der Waals surface area contributed by atoms with Gasteiger partial charge >= 0.3 is 0 Å². The molecule has 1 atom stereocenters. The highest BCUT2D eigenvalue weighted by atomic mass is 32.2. The minimum atomic E-state index is -3.21. The molecule has 0 aliphatic heterocycles. The molecule has 1 aromatic heterocycles. The first-order valence-corrected chi connectivity index (χ1v) is 6.09. The molecule has 5 nitrogen and oxygen atoms in total. The van der Waals surface area contributed by atoms with Gasteiger partial charge in [-0.05, 0) is 12.5 Å². The molecule has 0 saturated carbocycles. The third kappa shape index (κ3) is 3.39. The topological polar surface area (TPSA) is 80.2 Å². The summed E-state index contributed by atoms with van der Waals surface area (Å²) >= 11 is 0. The second-order valence-corrected chi connectivity index (χ2v) is 5.41. The van der Waals surface area contributed by atoms with Crippen molar-refractivity contribution < 1.29 is 13.5 Å². The summed E-state index contributed by atoms with van der Waals surface area (Å²) in [6.45, 7) is 1.81. The van der Waals surface area contributed by atoms with Gasteiger partial charge in [0.1, 0.15) is 15.9 Å². The SMILES string of the molecule is Cc1cnc([C@H](O)CS(C)(=O)=O)nc1. The molecule has 0 aliphatic carbocycles. The van der Waals surface area contributed by atoms with E-state index < -0.39 is 15.9 Å². The minimum Gasteiger partial charge on any atom is -0.384 e. The van der Waals surface area contributed by atoms with Crippen molar-refractivity contribution in [1.29, 1.82) is 0 Å². The molecule has 1 rings (SSSR count). The van der Waals surface area contributed by atoms with Gasteiger partial charge in [-0.15, -0.1) is 0 Å². The molecule has 0 aromatic carbocycles. The quantitative estimate of drug-likeness (QED) is 0.760. The highest BCUT2D eigenvalue weighted by Gasteiger charge is 2.16. The lowest BCUT2D eigenvalue weighted by molar-refractivity contribution is 0.191. The van der Waals surface area contributed by atoms with Crippen molar-refractivity contribution in [3.63, 3.8) is 0 Å². The molecule has 0 saturated heterocycles. The van der Waals surface area contributed by atoms with E-state index in [1.165, 1.54) is 12.4 Å². The van der Waals surface area contributed by atoms with Gasteiger partial charge in [-0.1, -0.05) is 0 Å². The second-order valence-electron chi connectivity index (χ2n) is 3.23. The Labute approximate surface area is 82.8 Å². The molecule has 0 unspecified atom stereocenters. The molecule has 1 N–H and O–H groups in total. The summed E-state index contributed by atoms with van der Waals surface area (Å²) in [4.78, 5) is 7.67. The standard InChI is InChI=1S/C8H12N2O3S/c1-6-3-9-8(10-4-6)7(11)5-14(2,12)13/h3-4,7,11H,5H2,1-2H3/t7-/m1/s1. The van der Waals surface area contributed by atoms with E-state index in [1.807, 2.05) is 6.92 Å². The van der Waals surface area contributed by atoms with Gasteiger partial charge in [0.15, 0.2) is 5.82 Å². The largest absolute Gasteiger partial charge is 0.384 e. The predicted octanol–water partition coefficient (Wildman–Crippen LogP) is -0.137. The van der Waals surface area contributed by atoms with E-state index in [1.54, 1.807) is 0 Å². The number of sulfone groups is 1. The van der Waals surface area contributed by atoms with Crippen molar-refractivity contribution in [2.24, 2.45) is 0 Å². The second kappa shape index (κ2) is 4.02. The van der Waals surface area contributed by atoms with Gasteiger partial charge in [-0.2, -0.15) is 0 Å². The van der Waals surface area contributed by atoms with Gasteiger partial charge in [-0.3, -0.25) is 0 Å². The van der Waals surface area contributed by atoms with E-state index in [0.29, 0.717) is 0 Å². The van der Waals surface area contributed by atoms with Gasteiger partial charge in [-0.25, -0.2) is 18.4 Å². The van der Waals surface area contributed by atoms with Crippen LogP contribution in [-0.2, 0) is 9.84 Å². The van der Waals surface area contributed by atoms with Crippen LogP contribution in [0.2, 0.25) is 0 Å². The van der Waals surface area contributed by atoms with Crippen LogP contribution in [0, 0.1) is 6.92 Å². The van der Waals surface area contributed by atoms with Crippen molar-refractivity contribution in [1.82, 2.24) is 9.97 Å². The Hall–Kier alpha value is -1.01. The molecular formula is C8H12N2O3S. The Kier molecular flexibility index (Phi) is 3.17. The van der Waals surface area contributed by atoms with E-state index in [0.717, 1.165) is 11.8 Å². The first-order chi connectivity index (χ1) is 6.38. The predicted molar refractivity (Wildman–Crippen MR) is 51.4 cm³/mol. The fourth-order valence-corrected chi connectivity index (χ4v) is 1.66. The van der Waals surface area contributed by atoms with Gasteiger partial charge in [0.25, 0.3) is 0 Å². The Bertz CT molecular complexity index is 399. The van der Waals surface area contributed by atoms with Crippen LogP contribution in [0.5, 0.6) is 0 Å². The van der Waals surface area contributed by atoms with Crippen molar-refractivity contribution in [2.45, 2.75) is 13.0 Å². The highest BCUT2D eigenvalue weighted by molar-refractivity contribution is 7.90. The molecule has 1 heterocycles. The molecule has 14 heavy (non-hydrogen) atoms. The van der Waals surface area contributed by atoms with Crippen LogP contribution in [0.25, 0.3) is 0 Å². The zero-order valence-electron chi connectivity index (χ0n) is 8.01. The average Bonchev–Trinajstić information content (AvgIpc) is 2.02. The van der Waals surface area contributed by atoms with Crippen LogP contribution >= 0.6 is 0 Å². The lowest BCUT2D eigenvalue weighted by Gasteiger charge is -2.07. The smallest absolute Gasteiger partial charge is 0.157 e. The Morgan fingerprint density at radius 3 is 2.36 bits per heavy atom. The summed E-state index contributed by atoms with van der Waals surface area (Å²) < 4.78 is 21.7. The van der Waals surface area contributed by atoms with Crippen molar-refractivity contribution in [2.75, 3.05) is 12.0 Å². The van der Waals surface area contributed by atoms with Crippen molar-refractivity contribution in [3.05, 3.63) is 23.8 Å². The molecule has 0 spiro atoms. The number of nitrogens with zero attached hydrogens (tertiary/aromatic N) is 2. The zero-order valence-corrected chi connectivity index (χ0v) is 8.82. The summed E-state index contributed by atoms with van der Waals surface area (Å²) in [7, 11) is -3.21. The van der Waals surface area contributed by atoms with Crippen LogP contribution in [0.1, 0.15) is 17.5 Å². The number of hydrogen-bond donors (Lipinski definition) is 1. The van der Waals surface area contributed by atoms with Crippen LogP contribution in [0.3, 0.4) is 0 Å². The normalized spacial score (nSPS) is 13.9. The summed E-state index contributed by atoms with van der Waals surface area (Å²) in [6, 6.07) is 0. The fourth-order valence-electron chi connectivity index (χ4n) is 0.936. The number of hydrogen-bond acceptors (Lipinski definition) is 5. The van der Waals surface area contributed by atoms with Crippen molar-refractivity contribution >= 4 is 9.84 Å². The molecule has 1 aromatic rings. The van der Waals surface area contributed by atoms with E-state index >= 15 is 0 Å². The van der Waals surface area contributed by atoms with Gasteiger partial charge in [0.05, 0.1) is 5.75 Å². The summed E-state index contributed by atoms with van der Waals surface area (Å²) in [6.07, 6.45) is 2.98. The zero-order chi connectivity index (χ0) is 10.8. The molecule has 0 aliphatic rings. The summed E-state index contributed by atoms with van der Waals surface area (Å²) in [5.41, 5.74) is 0.861. The maximum Gasteiger partial charge on any atom is 0.157 e. The lowest BCUT2D eigenvalue weighted by Crippen LogP contribution is -2.15.